The van der Waals surface area contributed by atoms with Crippen molar-refractivity contribution in [3.63, 3.8) is 0 Å². The van der Waals surface area contributed by atoms with Gasteiger partial charge in [0.25, 0.3) is 0 Å². The van der Waals surface area contributed by atoms with Gasteiger partial charge in [0.2, 0.25) is 11.8 Å². The van der Waals surface area contributed by atoms with Crippen LogP contribution in [0.25, 0.3) is 0 Å². The number of carbonyl (C=O) groups is 2. The van der Waals surface area contributed by atoms with Crippen molar-refractivity contribution >= 4 is 11.8 Å². The van der Waals surface area contributed by atoms with E-state index < -0.39 is 0 Å². The van der Waals surface area contributed by atoms with Gasteiger partial charge in [-0.15, -0.1) is 0 Å². The molecule has 170 valence electrons. The first kappa shape index (κ1) is 22.1. The van der Waals surface area contributed by atoms with Gasteiger partial charge < -0.3 is 10.6 Å². The Morgan fingerprint density at radius 2 is 1.73 bits per heavy atom. The molecule has 4 fully saturated rings. The molecule has 7 atom stereocenters. The van der Waals surface area contributed by atoms with Crippen molar-refractivity contribution in [3.8, 4) is 0 Å². The van der Waals surface area contributed by atoms with Crippen molar-refractivity contribution < 1.29 is 9.59 Å². The van der Waals surface area contributed by atoms with Crippen LogP contribution in [0.2, 0.25) is 0 Å². The lowest BCUT2D eigenvalue weighted by Gasteiger charge is -2.60. The zero-order chi connectivity index (χ0) is 21.4. The quantitative estimate of drug-likeness (QED) is 0.560. The second-order valence-corrected chi connectivity index (χ2v) is 11.5. The first-order chi connectivity index (χ1) is 14.4. The van der Waals surface area contributed by atoms with Crippen LogP contribution < -0.4 is 10.6 Å². The van der Waals surface area contributed by atoms with E-state index in [9.17, 15) is 9.59 Å². The normalized spacial score (nSPS) is 42.6. The van der Waals surface area contributed by atoms with E-state index >= 15 is 0 Å². The summed E-state index contributed by atoms with van der Waals surface area (Å²) in [6, 6.07) is 0.373. The second kappa shape index (κ2) is 8.82. The molecular weight excluding hydrogens is 372 g/mol. The van der Waals surface area contributed by atoms with Crippen LogP contribution >= 0.6 is 0 Å². The summed E-state index contributed by atoms with van der Waals surface area (Å²) >= 11 is 0. The molecule has 2 N–H and O–H groups in total. The predicted octanol–water partition coefficient (Wildman–Crippen LogP) is 5.21. The standard InChI is InChI=1S/C26H44N2O2/c1-4-5-6-7-8-17-27-24(30)21-11-10-19-18-9-12-22-26(3,16-14-23(29)28-22)20(18)13-15-25(19,21)2/h18-22H,4-17H2,1-3H3,(H,27,30)(H,28,29)/t18-,19-,20-,21+,22+,25-,26+/m0/s1. The molecule has 0 radical (unpaired) electrons. The van der Waals surface area contributed by atoms with Crippen LogP contribution in [0.3, 0.4) is 0 Å². The Morgan fingerprint density at radius 3 is 2.53 bits per heavy atom. The molecule has 3 saturated carbocycles. The number of unbranched alkanes of at least 4 members (excludes halogenated alkanes) is 4. The fourth-order valence-electron chi connectivity index (χ4n) is 8.20. The minimum atomic E-state index is 0.175. The number of fused-ring (bicyclic) bond motifs is 5. The molecule has 0 bridgehead atoms. The first-order valence-corrected chi connectivity index (χ1v) is 13.0. The van der Waals surface area contributed by atoms with Crippen molar-refractivity contribution in [3.05, 3.63) is 0 Å². The SMILES string of the molecule is CCCCCCCNC(=O)[C@H]1CC[C@H]2[C@@H]3CC[C@H]4NC(=O)CC[C@]4(C)[C@H]3CC[C@]12C. The molecule has 0 unspecified atom stereocenters. The first-order valence-electron chi connectivity index (χ1n) is 13.0. The monoisotopic (exact) mass is 416 g/mol. The molecule has 1 saturated heterocycles. The van der Waals surface area contributed by atoms with Gasteiger partial charge in [0.1, 0.15) is 0 Å². The highest BCUT2D eigenvalue weighted by molar-refractivity contribution is 5.80. The molecule has 2 amide bonds. The van der Waals surface area contributed by atoms with E-state index in [1.54, 1.807) is 0 Å². The third-order valence-electron chi connectivity index (χ3n) is 9.99. The van der Waals surface area contributed by atoms with E-state index in [0.29, 0.717) is 24.3 Å². The minimum Gasteiger partial charge on any atom is -0.356 e. The Kier molecular flexibility index (Phi) is 6.51. The van der Waals surface area contributed by atoms with Crippen molar-refractivity contribution in [2.75, 3.05) is 6.54 Å². The van der Waals surface area contributed by atoms with E-state index in [4.69, 9.17) is 0 Å². The van der Waals surface area contributed by atoms with Gasteiger partial charge in [-0.3, -0.25) is 9.59 Å². The van der Waals surface area contributed by atoms with Gasteiger partial charge in [-0.25, -0.2) is 0 Å². The summed E-state index contributed by atoms with van der Waals surface area (Å²) in [7, 11) is 0. The largest absolute Gasteiger partial charge is 0.356 e. The van der Waals surface area contributed by atoms with Crippen LogP contribution in [-0.2, 0) is 9.59 Å². The van der Waals surface area contributed by atoms with Crippen LogP contribution in [0.4, 0.5) is 0 Å². The van der Waals surface area contributed by atoms with Gasteiger partial charge in [-0.2, -0.15) is 0 Å². The van der Waals surface area contributed by atoms with E-state index in [1.807, 2.05) is 0 Å². The van der Waals surface area contributed by atoms with Gasteiger partial charge >= 0.3 is 0 Å². The Morgan fingerprint density at radius 1 is 0.967 bits per heavy atom. The summed E-state index contributed by atoms with van der Waals surface area (Å²) in [5.41, 5.74) is 0.436. The average molecular weight is 417 g/mol. The van der Waals surface area contributed by atoms with Crippen LogP contribution in [0, 0.1) is 34.5 Å². The third-order valence-corrected chi connectivity index (χ3v) is 9.99. The lowest BCUT2D eigenvalue weighted by atomic mass is 9.47. The van der Waals surface area contributed by atoms with E-state index in [1.165, 1.54) is 51.4 Å². The highest BCUT2D eigenvalue weighted by atomic mass is 16.2. The molecule has 0 aromatic carbocycles. The number of hydrogen-bond acceptors (Lipinski definition) is 2. The predicted molar refractivity (Wildman–Crippen MR) is 121 cm³/mol. The maximum atomic E-state index is 13.1. The molecule has 3 aliphatic carbocycles. The molecular formula is C26H44N2O2. The number of amides is 2. The maximum Gasteiger partial charge on any atom is 0.223 e. The fourth-order valence-corrected chi connectivity index (χ4v) is 8.20. The van der Waals surface area contributed by atoms with Crippen molar-refractivity contribution in [2.45, 2.75) is 110 Å². The van der Waals surface area contributed by atoms with Crippen molar-refractivity contribution in [1.29, 1.82) is 0 Å². The Bertz CT molecular complexity index is 649. The highest BCUT2D eigenvalue weighted by Gasteiger charge is 2.61. The maximum absolute atomic E-state index is 13.1. The molecule has 1 heterocycles. The minimum absolute atomic E-state index is 0.175. The molecule has 4 nitrogen and oxygen atoms in total. The molecule has 30 heavy (non-hydrogen) atoms. The summed E-state index contributed by atoms with van der Waals surface area (Å²) in [4.78, 5) is 25.1. The Labute approximate surface area is 183 Å². The molecule has 0 spiro atoms. The summed E-state index contributed by atoms with van der Waals surface area (Å²) in [6.45, 7) is 7.98. The van der Waals surface area contributed by atoms with E-state index in [2.05, 4.69) is 31.4 Å². The lowest BCUT2D eigenvalue weighted by Crippen LogP contribution is -2.61. The Balaban J connectivity index is 1.38. The highest BCUT2D eigenvalue weighted by Crippen LogP contribution is 2.65. The zero-order valence-corrected chi connectivity index (χ0v) is 19.6. The number of hydrogen-bond donors (Lipinski definition) is 2. The van der Waals surface area contributed by atoms with Crippen LogP contribution in [-0.4, -0.2) is 24.4 Å². The number of rotatable bonds is 7. The van der Waals surface area contributed by atoms with E-state index in [0.717, 1.165) is 44.1 Å². The van der Waals surface area contributed by atoms with Crippen LogP contribution in [0.1, 0.15) is 104 Å². The number of piperidine rings is 1. The van der Waals surface area contributed by atoms with Crippen molar-refractivity contribution in [1.82, 2.24) is 10.6 Å². The van der Waals surface area contributed by atoms with Gasteiger partial charge in [0.05, 0.1) is 0 Å². The summed E-state index contributed by atoms with van der Waals surface area (Å²) in [6.07, 6.45) is 15.0. The van der Waals surface area contributed by atoms with Gasteiger partial charge in [-0.1, -0.05) is 46.5 Å². The van der Waals surface area contributed by atoms with Gasteiger partial charge in [0, 0.05) is 24.9 Å². The molecule has 4 aliphatic rings. The topological polar surface area (TPSA) is 58.2 Å². The Hall–Kier alpha value is -1.06. The average Bonchev–Trinajstić information content (AvgIpc) is 3.08. The number of nitrogens with one attached hydrogen (secondary N) is 2. The van der Waals surface area contributed by atoms with Crippen LogP contribution in [0.5, 0.6) is 0 Å². The molecule has 4 rings (SSSR count). The lowest BCUT2D eigenvalue weighted by molar-refractivity contribution is -0.141. The van der Waals surface area contributed by atoms with E-state index in [-0.39, 0.29) is 22.7 Å². The summed E-state index contributed by atoms with van der Waals surface area (Å²) < 4.78 is 0. The zero-order valence-electron chi connectivity index (χ0n) is 19.6. The third kappa shape index (κ3) is 3.81. The number of carbonyl (C=O) groups excluding carboxylic acids is 2. The molecule has 1 aliphatic heterocycles. The smallest absolute Gasteiger partial charge is 0.223 e. The van der Waals surface area contributed by atoms with Crippen molar-refractivity contribution in [2.24, 2.45) is 34.5 Å². The van der Waals surface area contributed by atoms with Crippen LogP contribution in [0.15, 0.2) is 0 Å². The summed E-state index contributed by atoms with van der Waals surface area (Å²) in [5, 5.41) is 6.63. The molecule has 4 heteroatoms. The fraction of sp³-hybridized carbons (Fsp3) is 0.923. The molecule has 0 aromatic rings. The second-order valence-electron chi connectivity index (χ2n) is 11.5. The summed E-state index contributed by atoms with van der Waals surface area (Å²) in [5.74, 6) is 2.94. The van der Waals surface area contributed by atoms with Gasteiger partial charge in [0.15, 0.2) is 0 Å². The van der Waals surface area contributed by atoms with Gasteiger partial charge in [-0.05, 0) is 80.0 Å². The molecule has 0 aromatic heterocycles.